The molecule has 0 saturated carbocycles. The van der Waals surface area contributed by atoms with Gasteiger partial charge in [-0.15, -0.1) is 0 Å². The SMILES string of the molecule is C[C@@H](Cc1cc(Cl)c2c(c1Cl)C(=O)c1ccccc1C2=O)c1ccc2c(c1)C(=O)c1c(F)ccc(F)c1C2=O. The maximum Gasteiger partial charge on any atom is 0.197 e. The predicted molar refractivity (Wildman–Crippen MR) is 142 cm³/mol. The Morgan fingerprint density at radius 3 is 1.77 bits per heavy atom. The van der Waals surface area contributed by atoms with Gasteiger partial charge < -0.3 is 0 Å². The van der Waals surface area contributed by atoms with Crippen LogP contribution in [-0.2, 0) is 6.42 Å². The molecule has 6 rings (SSSR count). The Hall–Kier alpha value is -4.00. The molecule has 1 atom stereocenters. The first kappa shape index (κ1) is 25.3. The Morgan fingerprint density at radius 2 is 1.15 bits per heavy atom. The van der Waals surface area contributed by atoms with Crippen LogP contribution in [0.3, 0.4) is 0 Å². The van der Waals surface area contributed by atoms with E-state index in [9.17, 15) is 28.0 Å². The summed E-state index contributed by atoms with van der Waals surface area (Å²) in [7, 11) is 0. The van der Waals surface area contributed by atoms with E-state index in [1.54, 1.807) is 36.4 Å². The lowest BCUT2D eigenvalue weighted by Crippen LogP contribution is -2.24. The fourth-order valence-corrected chi connectivity index (χ4v) is 6.00. The second-order valence-corrected chi connectivity index (χ2v) is 10.4. The van der Waals surface area contributed by atoms with Crippen molar-refractivity contribution in [2.75, 3.05) is 0 Å². The van der Waals surface area contributed by atoms with Crippen molar-refractivity contribution in [3.05, 3.63) is 138 Å². The first-order chi connectivity index (χ1) is 18.6. The van der Waals surface area contributed by atoms with E-state index in [0.29, 0.717) is 11.1 Å². The molecule has 0 radical (unpaired) electrons. The molecule has 2 aliphatic carbocycles. The summed E-state index contributed by atoms with van der Waals surface area (Å²) >= 11 is 13.2. The van der Waals surface area contributed by atoms with Crippen LogP contribution in [-0.4, -0.2) is 23.1 Å². The highest BCUT2D eigenvalue weighted by Gasteiger charge is 2.36. The normalized spacial score (nSPS) is 14.5. The maximum absolute atomic E-state index is 14.5. The van der Waals surface area contributed by atoms with E-state index in [4.69, 9.17) is 23.2 Å². The molecular weight excluding hydrogens is 545 g/mol. The summed E-state index contributed by atoms with van der Waals surface area (Å²) in [6.45, 7) is 1.84. The van der Waals surface area contributed by atoms with Crippen LogP contribution in [0.25, 0.3) is 0 Å². The lowest BCUT2D eigenvalue weighted by Gasteiger charge is -2.23. The van der Waals surface area contributed by atoms with Gasteiger partial charge in [0.25, 0.3) is 0 Å². The van der Waals surface area contributed by atoms with Gasteiger partial charge in [-0.1, -0.05) is 66.5 Å². The van der Waals surface area contributed by atoms with Crippen molar-refractivity contribution in [2.24, 2.45) is 0 Å². The number of carbonyl (C=O) groups excluding carboxylic acids is 4. The predicted octanol–water partition coefficient (Wildman–Crippen LogP) is 7.17. The highest BCUT2D eigenvalue weighted by Crippen LogP contribution is 2.40. The molecule has 0 spiro atoms. The second kappa shape index (κ2) is 9.04. The van der Waals surface area contributed by atoms with Crippen LogP contribution in [0.4, 0.5) is 8.78 Å². The number of hydrogen-bond acceptors (Lipinski definition) is 4. The molecule has 0 unspecified atom stereocenters. The van der Waals surface area contributed by atoms with Crippen molar-refractivity contribution < 1.29 is 28.0 Å². The van der Waals surface area contributed by atoms with Crippen molar-refractivity contribution >= 4 is 46.3 Å². The summed E-state index contributed by atoms with van der Waals surface area (Å²) in [5.41, 5.74) is 0.608. The highest BCUT2D eigenvalue weighted by atomic mass is 35.5. The minimum absolute atomic E-state index is 0.00872. The minimum atomic E-state index is -0.967. The van der Waals surface area contributed by atoms with Gasteiger partial charge in [-0.05, 0) is 47.7 Å². The molecule has 4 nitrogen and oxygen atoms in total. The van der Waals surface area contributed by atoms with Crippen LogP contribution >= 0.6 is 23.2 Å². The molecule has 0 saturated heterocycles. The topological polar surface area (TPSA) is 68.3 Å². The summed E-state index contributed by atoms with van der Waals surface area (Å²) in [4.78, 5) is 52.4. The molecule has 0 fully saturated rings. The van der Waals surface area contributed by atoms with Gasteiger partial charge in [0, 0.05) is 22.3 Å². The number of halogens is 4. The number of ketones is 4. The van der Waals surface area contributed by atoms with Gasteiger partial charge >= 0.3 is 0 Å². The van der Waals surface area contributed by atoms with Crippen molar-refractivity contribution in [1.82, 2.24) is 0 Å². The smallest absolute Gasteiger partial charge is 0.197 e. The van der Waals surface area contributed by atoms with Crippen LogP contribution in [0.5, 0.6) is 0 Å². The Labute approximate surface area is 231 Å². The van der Waals surface area contributed by atoms with Gasteiger partial charge in [-0.2, -0.15) is 0 Å². The van der Waals surface area contributed by atoms with Crippen molar-refractivity contribution in [3.63, 3.8) is 0 Å². The number of rotatable bonds is 3. The summed E-state index contributed by atoms with van der Waals surface area (Å²) < 4.78 is 28.8. The Kier molecular flexibility index (Phi) is 5.86. The summed E-state index contributed by atoms with van der Waals surface area (Å²) in [6, 6.07) is 14.2. The largest absolute Gasteiger partial charge is 0.289 e. The van der Waals surface area contributed by atoms with Crippen LogP contribution in [0.1, 0.15) is 87.7 Å². The number of carbonyl (C=O) groups is 4. The zero-order valence-electron chi connectivity index (χ0n) is 20.2. The quantitative estimate of drug-likeness (QED) is 0.230. The standard InChI is InChI=1S/C31H16Cl2F2O4/c1-13(14-6-7-18-19(11-14)31(39)25-22(35)9-8-21(34)24(25)29(18)37)10-15-12-20(32)23-26(27(15)33)30(38)17-5-3-2-4-16(17)28(23)36/h2-9,11-13H,10H2,1H3/t13-/m0/s1. The van der Waals surface area contributed by atoms with Crippen LogP contribution in [0.15, 0.2) is 60.7 Å². The van der Waals surface area contributed by atoms with Crippen molar-refractivity contribution in [3.8, 4) is 0 Å². The van der Waals surface area contributed by atoms with E-state index in [-0.39, 0.29) is 61.5 Å². The molecule has 0 heterocycles. The first-order valence-corrected chi connectivity index (χ1v) is 12.8. The van der Waals surface area contributed by atoms with Crippen molar-refractivity contribution in [2.45, 2.75) is 19.3 Å². The van der Waals surface area contributed by atoms with Gasteiger partial charge in [0.05, 0.1) is 32.3 Å². The van der Waals surface area contributed by atoms with Gasteiger partial charge in [0.1, 0.15) is 11.6 Å². The van der Waals surface area contributed by atoms with Crippen LogP contribution in [0.2, 0.25) is 10.0 Å². The van der Waals surface area contributed by atoms with Crippen molar-refractivity contribution in [1.29, 1.82) is 0 Å². The fraction of sp³-hybridized carbons (Fsp3) is 0.0968. The molecular formula is C31H16Cl2F2O4. The number of hydrogen-bond donors (Lipinski definition) is 0. The van der Waals surface area contributed by atoms with E-state index < -0.39 is 40.1 Å². The Bertz CT molecular complexity index is 1830. The lowest BCUT2D eigenvalue weighted by molar-refractivity contribution is 0.0972. The van der Waals surface area contributed by atoms with Gasteiger partial charge in [0.2, 0.25) is 0 Å². The molecule has 4 aromatic rings. The maximum atomic E-state index is 14.5. The molecule has 0 bridgehead atoms. The van der Waals surface area contributed by atoms with Gasteiger partial charge in [0.15, 0.2) is 23.1 Å². The Balaban J connectivity index is 1.38. The lowest BCUT2D eigenvalue weighted by atomic mass is 9.80. The average molecular weight is 561 g/mol. The van der Waals surface area contributed by atoms with Gasteiger partial charge in [-0.3, -0.25) is 19.2 Å². The third kappa shape index (κ3) is 3.70. The molecule has 0 aliphatic heterocycles. The van der Waals surface area contributed by atoms with E-state index >= 15 is 0 Å². The third-order valence-electron chi connectivity index (χ3n) is 7.35. The van der Waals surface area contributed by atoms with E-state index in [0.717, 1.165) is 12.1 Å². The molecule has 4 aromatic carbocycles. The highest BCUT2D eigenvalue weighted by molar-refractivity contribution is 6.44. The molecule has 8 heteroatoms. The molecule has 0 aromatic heterocycles. The zero-order chi connectivity index (χ0) is 27.7. The minimum Gasteiger partial charge on any atom is -0.289 e. The summed E-state index contributed by atoms with van der Waals surface area (Å²) in [5, 5.41) is 0.217. The van der Waals surface area contributed by atoms with Gasteiger partial charge in [-0.25, -0.2) is 8.78 Å². The zero-order valence-corrected chi connectivity index (χ0v) is 21.7. The molecule has 39 heavy (non-hydrogen) atoms. The summed E-state index contributed by atoms with van der Waals surface area (Å²) in [5.74, 6) is -4.54. The molecule has 192 valence electrons. The van der Waals surface area contributed by atoms with E-state index in [1.807, 2.05) is 6.92 Å². The molecule has 0 N–H and O–H groups in total. The molecule has 0 amide bonds. The van der Waals surface area contributed by atoms with Crippen LogP contribution < -0.4 is 0 Å². The fourth-order valence-electron chi connectivity index (χ4n) is 5.38. The average Bonchev–Trinajstić information content (AvgIpc) is 2.93. The van der Waals surface area contributed by atoms with E-state index in [1.165, 1.54) is 12.1 Å². The van der Waals surface area contributed by atoms with Crippen LogP contribution in [0, 0.1) is 11.6 Å². The number of benzene rings is 4. The third-order valence-corrected chi connectivity index (χ3v) is 8.08. The second-order valence-electron chi connectivity index (χ2n) is 9.63. The number of fused-ring (bicyclic) bond motifs is 4. The first-order valence-electron chi connectivity index (χ1n) is 12.0. The Morgan fingerprint density at radius 1 is 0.641 bits per heavy atom. The monoisotopic (exact) mass is 560 g/mol. The van der Waals surface area contributed by atoms with E-state index in [2.05, 4.69) is 0 Å². The molecule has 2 aliphatic rings. The summed E-state index contributed by atoms with van der Waals surface area (Å²) in [6.07, 6.45) is 0.273.